The van der Waals surface area contributed by atoms with Gasteiger partial charge >= 0.3 is 5.97 Å². The number of halogens is 1. The number of nitrogens with zero attached hydrogens (tertiary/aromatic N) is 1. The molecule has 2 rings (SSSR count). The molecule has 0 radical (unpaired) electrons. The van der Waals surface area contributed by atoms with Crippen LogP contribution in [0.2, 0.25) is 5.02 Å². The van der Waals surface area contributed by atoms with Gasteiger partial charge in [0, 0.05) is 12.4 Å². The quantitative estimate of drug-likeness (QED) is 0.834. The van der Waals surface area contributed by atoms with Gasteiger partial charge in [0.1, 0.15) is 0 Å². The number of aliphatic hydroxyl groups is 1. The van der Waals surface area contributed by atoms with Crippen molar-refractivity contribution in [1.82, 2.24) is 4.57 Å². The highest BCUT2D eigenvalue weighted by Crippen LogP contribution is 2.29. The maximum absolute atomic E-state index is 11.3. The van der Waals surface area contributed by atoms with Crippen LogP contribution in [0.3, 0.4) is 0 Å². The van der Waals surface area contributed by atoms with E-state index in [4.69, 9.17) is 11.6 Å². The number of aliphatic hydroxyl groups excluding tert-OH is 1. The van der Waals surface area contributed by atoms with Crippen molar-refractivity contribution in [1.29, 1.82) is 0 Å². The van der Waals surface area contributed by atoms with Gasteiger partial charge in [-0.3, -0.25) is 0 Å². The summed E-state index contributed by atoms with van der Waals surface area (Å²) in [6.45, 7) is 0. The third-order valence-electron chi connectivity index (χ3n) is 2.75. The first-order chi connectivity index (χ1) is 8.06. The molecule has 17 heavy (non-hydrogen) atoms. The van der Waals surface area contributed by atoms with E-state index in [1.54, 1.807) is 23.7 Å². The number of fused-ring (bicyclic) bond motifs is 1. The van der Waals surface area contributed by atoms with Crippen LogP contribution in [0.4, 0.5) is 0 Å². The van der Waals surface area contributed by atoms with E-state index < -0.39 is 12.1 Å². The number of ether oxygens (including phenoxy) is 1. The summed E-state index contributed by atoms with van der Waals surface area (Å²) in [4.78, 5) is 11.3. The molecule has 0 bridgehead atoms. The summed E-state index contributed by atoms with van der Waals surface area (Å²) < 4.78 is 6.21. The Labute approximate surface area is 103 Å². The van der Waals surface area contributed by atoms with Crippen molar-refractivity contribution in [3.63, 3.8) is 0 Å². The normalized spacial score (nSPS) is 12.7. The number of hydrogen-bond donors (Lipinski definition) is 1. The van der Waals surface area contributed by atoms with E-state index in [9.17, 15) is 9.90 Å². The predicted molar refractivity (Wildman–Crippen MR) is 64.9 cm³/mol. The standard InChI is InChI=1S/C12H12ClNO3/c1-14-9(11(15)12(16)17-2)6-7-4-3-5-8(13)10(7)14/h3-6,11,15H,1-2H3. The summed E-state index contributed by atoms with van der Waals surface area (Å²) >= 11 is 6.08. The lowest BCUT2D eigenvalue weighted by Gasteiger charge is -2.10. The van der Waals surface area contributed by atoms with Gasteiger partial charge in [-0.2, -0.15) is 0 Å². The van der Waals surface area contributed by atoms with Crippen LogP contribution in [0, 0.1) is 0 Å². The minimum Gasteiger partial charge on any atom is -0.467 e. The lowest BCUT2D eigenvalue weighted by atomic mass is 10.2. The predicted octanol–water partition coefficient (Wildman–Crippen LogP) is 2.04. The fraction of sp³-hybridized carbons (Fsp3) is 0.250. The van der Waals surface area contributed by atoms with Crippen molar-refractivity contribution >= 4 is 28.5 Å². The second-order valence-electron chi connectivity index (χ2n) is 3.73. The van der Waals surface area contributed by atoms with Crippen molar-refractivity contribution in [2.24, 2.45) is 7.05 Å². The molecule has 1 aromatic heterocycles. The van der Waals surface area contributed by atoms with Crippen LogP contribution in [0.25, 0.3) is 10.9 Å². The summed E-state index contributed by atoms with van der Waals surface area (Å²) in [6.07, 6.45) is -1.30. The van der Waals surface area contributed by atoms with Gasteiger partial charge in [-0.05, 0) is 12.1 Å². The molecule has 0 aliphatic heterocycles. The van der Waals surface area contributed by atoms with Crippen molar-refractivity contribution in [2.45, 2.75) is 6.10 Å². The average molecular weight is 254 g/mol. The molecule has 1 heterocycles. The van der Waals surface area contributed by atoms with Gasteiger partial charge in [-0.1, -0.05) is 23.7 Å². The zero-order valence-corrected chi connectivity index (χ0v) is 10.2. The first-order valence-corrected chi connectivity index (χ1v) is 5.43. The van der Waals surface area contributed by atoms with Crippen LogP contribution < -0.4 is 0 Å². The minimum absolute atomic E-state index is 0.458. The molecular weight excluding hydrogens is 242 g/mol. The maximum Gasteiger partial charge on any atom is 0.340 e. The summed E-state index contributed by atoms with van der Waals surface area (Å²) in [6, 6.07) is 7.18. The van der Waals surface area contributed by atoms with Crippen molar-refractivity contribution in [3.8, 4) is 0 Å². The minimum atomic E-state index is -1.30. The highest BCUT2D eigenvalue weighted by molar-refractivity contribution is 6.35. The molecule has 1 unspecified atom stereocenters. The molecule has 0 saturated carbocycles. The largest absolute Gasteiger partial charge is 0.467 e. The van der Waals surface area contributed by atoms with Gasteiger partial charge in [0.15, 0.2) is 6.10 Å². The van der Waals surface area contributed by atoms with Gasteiger partial charge in [-0.25, -0.2) is 4.79 Å². The molecule has 4 nitrogen and oxygen atoms in total. The SMILES string of the molecule is COC(=O)C(O)c1cc2cccc(Cl)c2n1C. The molecule has 0 aliphatic rings. The number of esters is 1. The number of carbonyl (C=O) groups is 1. The van der Waals surface area contributed by atoms with Gasteiger partial charge in [0.05, 0.1) is 23.3 Å². The second-order valence-corrected chi connectivity index (χ2v) is 4.14. The van der Waals surface area contributed by atoms with Crippen LogP contribution in [0.5, 0.6) is 0 Å². The number of benzene rings is 1. The summed E-state index contributed by atoms with van der Waals surface area (Å²) in [7, 11) is 2.98. The smallest absolute Gasteiger partial charge is 0.340 e. The second kappa shape index (κ2) is 4.39. The van der Waals surface area contributed by atoms with Crippen LogP contribution in [0.1, 0.15) is 11.8 Å². The molecule has 0 aliphatic carbocycles. The molecule has 0 saturated heterocycles. The monoisotopic (exact) mass is 253 g/mol. The molecule has 5 heteroatoms. The Morgan fingerprint density at radius 1 is 1.53 bits per heavy atom. The van der Waals surface area contributed by atoms with Crippen LogP contribution in [-0.4, -0.2) is 22.8 Å². The Morgan fingerprint density at radius 2 is 2.24 bits per heavy atom. The lowest BCUT2D eigenvalue weighted by Crippen LogP contribution is -2.16. The highest BCUT2D eigenvalue weighted by atomic mass is 35.5. The molecule has 1 aromatic carbocycles. The third kappa shape index (κ3) is 1.90. The molecule has 1 N–H and O–H groups in total. The Hall–Kier alpha value is -1.52. The van der Waals surface area contributed by atoms with Crippen molar-refractivity contribution < 1.29 is 14.6 Å². The molecule has 2 aromatic rings. The number of para-hydroxylation sites is 1. The van der Waals surface area contributed by atoms with E-state index in [0.29, 0.717) is 10.7 Å². The van der Waals surface area contributed by atoms with Crippen molar-refractivity contribution in [3.05, 3.63) is 35.0 Å². The number of hydrogen-bond acceptors (Lipinski definition) is 3. The van der Waals surface area contributed by atoms with Crippen LogP contribution in [-0.2, 0) is 16.6 Å². The molecule has 0 fully saturated rings. The highest BCUT2D eigenvalue weighted by Gasteiger charge is 2.22. The zero-order chi connectivity index (χ0) is 12.6. The average Bonchev–Trinajstić information content (AvgIpc) is 2.66. The number of aryl methyl sites for hydroxylation is 1. The zero-order valence-electron chi connectivity index (χ0n) is 9.48. The van der Waals surface area contributed by atoms with E-state index in [-0.39, 0.29) is 0 Å². The van der Waals surface area contributed by atoms with E-state index in [1.807, 2.05) is 12.1 Å². The number of carbonyl (C=O) groups excluding carboxylic acids is 1. The fourth-order valence-corrected chi connectivity index (χ4v) is 2.19. The number of rotatable bonds is 2. The van der Waals surface area contributed by atoms with E-state index >= 15 is 0 Å². The van der Waals surface area contributed by atoms with Crippen LogP contribution >= 0.6 is 11.6 Å². The molecule has 90 valence electrons. The first-order valence-electron chi connectivity index (χ1n) is 5.06. The summed E-state index contributed by atoms with van der Waals surface area (Å²) in [5, 5.41) is 11.3. The lowest BCUT2D eigenvalue weighted by molar-refractivity contribution is -0.151. The molecule has 0 spiro atoms. The molecule has 1 atom stereocenters. The Kier molecular flexibility index (Phi) is 3.09. The number of methoxy groups -OCH3 is 1. The van der Waals surface area contributed by atoms with Gasteiger partial charge in [-0.15, -0.1) is 0 Å². The van der Waals surface area contributed by atoms with Crippen LogP contribution in [0.15, 0.2) is 24.3 Å². The van der Waals surface area contributed by atoms with Crippen molar-refractivity contribution in [2.75, 3.05) is 7.11 Å². The number of aromatic nitrogens is 1. The maximum atomic E-state index is 11.3. The molecular formula is C12H12ClNO3. The summed E-state index contributed by atoms with van der Waals surface area (Å²) in [5.74, 6) is -0.688. The van der Waals surface area contributed by atoms with E-state index in [1.165, 1.54) is 7.11 Å². The Balaban J connectivity index is 2.60. The topological polar surface area (TPSA) is 51.5 Å². The van der Waals surface area contributed by atoms with Gasteiger partial charge in [0.2, 0.25) is 0 Å². The van der Waals surface area contributed by atoms with Gasteiger partial charge in [0.25, 0.3) is 0 Å². The fourth-order valence-electron chi connectivity index (χ4n) is 1.88. The Bertz CT molecular complexity index is 576. The van der Waals surface area contributed by atoms with E-state index in [2.05, 4.69) is 4.74 Å². The van der Waals surface area contributed by atoms with Gasteiger partial charge < -0.3 is 14.4 Å². The molecule has 0 amide bonds. The van der Waals surface area contributed by atoms with E-state index in [0.717, 1.165) is 10.9 Å². The summed E-state index contributed by atoms with van der Waals surface area (Å²) in [5.41, 5.74) is 1.24. The Morgan fingerprint density at radius 3 is 2.82 bits per heavy atom. The first kappa shape index (κ1) is 12.0. The third-order valence-corrected chi connectivity index (χ3v) is 3.05.